The summed E-state index contributed by atoms with van der Waals surface area (Å²) in [7, 11) is 0. The van der Waals surface area contributed by atoms with E-state index in [-0.39, 0.29) is 30.7 Å². The summed E-state index contributed by atoms with van der Waals surface area (Å²) in [5.41, 5.74) is 1.17. The maximum absolute atomic E-state index is 11.8. The topological polar surface area (TPSA) is 72.5 Å². The number of rotatable bonds is 10. The smallest absolute Gasteiger partial charge is 0.306 e. The Balaban J connectivity index is 1.52. The lowest BCUT2D eigenvalue weighted by atomic mass is 10.1. The first-order chi connectivity index (χ1) is 12.7. The van der Waals surface area contributed by atoms with E-state index in [1.54, 1.807) is 36.4 Å². The molecular weight excluding hydrogens is 330 g/mol. The van der Waals surface area contributed by atoms with Gasteiger partial charge >= 0.3 is 5.97 Å². The Labute approximate surface area is 153 Å². The second kappa shape index (κ2) is 10.8. The highest BCUT2D eigenvalue weighted by Gasteiger charge is 2.09. The molecular formula is C21H23NO4. The molecule has 0 bridgehead atoms. The van der Waals surface area contributed by atoms with Crippen molar-refractivity contribution in [1.29, 1.82) is 0 Å². The number of amides is 1. The summed E-state index contributed by atoms with van der Waals surface area (Å²) in [4.78, 5) is 35.3. The maximum Gasteiger partial charge on any atom is 0.306 e. The lowest BCUT2D eigenvalue weighted by molar-refractivity contribution is -0.142. The molecule has 0 aliphatic rings. The Morgan fingerprint density at radius 3 is 2.04 bits per heavy atom. The van der Waals surface area contributed by atoms with E-state index in [1.165, 1.54) is 0 Å². The Bertz CT molecular complexity index is 713. The number of esters is 1. The average molecular weight is 353 g/mol. The first kappa shape index (κ1) is 19.4. The highest BCUT2D eigenvalue weighted by Crippen LogP contribution is 2.04. The Morgan fingerprint density at radius 1 is 0.769 bits per heavy atom. The zero-order valence-corrected chi connectivity index (χ0v) is 14.6. The molecule has 0 saturated carbocycles. The fourth-order valence-electron chi connectivity index (χ4n) is 2.39. The van der Waals surface area contributed by atoms with Crippen molar-refractivity contribution in [3.8, 4) is 0 Å². The molecule has 0 heterocycles. The molecule has 26 heavy (non-hydrogen) atoms. The lowest BCUT2D eigenvalue weighted by Gasteiger charge is -2.06. The van der Waals surface area contributed by atoms with Crippen LogP contribution >= 0.6 is 0 Å². The van der Waals surface area contributed by atoms with Crippen molar-refractivity contribution in [3.63, 3.8) is 0 Å². The highest BCUT2D eigenvalue weighted by atomic mass is 16.5. The molecule has 0 aliphatic carbocycles. The molecule has 2 rings (SSSR count). The number of Topliss-reactive ketones (excluding diaryl/α,β-unsaturated/α-hetero) is 1. The molecule has 0 saturated heterocycles. The first-order valence-corrected chi connectivity index (χ1v) is 8.74. The van der Waals surface area contributed by atoms with Crippen LogP contribution in [0.3, 0.4) is 0 Å². The van der Waals surface area contributed by atoms with Gasteiger partial charge in [-0.05, 0) is 25.0 Å². The van der Waals surface area contributed by atoms with E-state index in [0.717, 1.165) is 12.8 Å². The SMILES string of the molecule is O=C(CCCCCNC(=O)c1ccccc1)OCC(=O)c1ccccc1. The summed E-state index contributed by atoms with van der Waals surface area (Å²) < 4.78 is 5.00. The van der Waals surface area contributed by atoms with Gasteiger partial charge in [-0.25, -0.2) is 0 Å². The molecule has 0 radical (unpaired) electrons. The molecule has 0 aromatic heterocycles. The van der Waals surface area contributed by atoms with E-state index in [4.69, 9.17) is 4.74 Å². The minimum absolute atomic E-state index is 0.0931. The summed E-state index contributed by atoms with van der Waals surface area (Å²) in [5.74, 6) is -0.672. The zero-order chi connectivity index (χ0) is 18.6. The molecule has 0 unspecified atom stereocenters. The van der Waals surface area contributed by atoms with Crippen LogP contribution in [0.4, 0.5) is 0 Å². The van der Waals surface area contributed by atoms with Crippen LogP contribution < -0.4 is 5.32 Å². The molecule has 2 aromatic rings. The molecule has 0 aliphatic heterocycles. The zero-order valence-electron chi connectivity index (χ0n) is 14.6. The number of carbonyl (C=O) groups excluding carboxylic acids is 3. The van der Waals surface area contributed by atoms with Gasteiger partial charge in [0.1, 0.15) is 0 Å². The monoisotopic (exact) mass is 353 g/mol. The van der Waals surface area contributed by atoms with E-state index in [1.807, 2.05) is 24.3 Å². The third-order valence-electron chi connectivity index (χ3n) is 3.84. The van der Waals surface area contributed by atoms with Crippen molar-refractivity contribution in [3.05, 3.63) is 71.8 Å². The number of unbranched alkanes of at least 4 members (excludes halogenated alkanes) is 2. The minimum atomic E-state index is -0.373. The second-order valence-corrected chi connectivity index (χ2v) is 5.88. The van der Waals surface area contributed by atoms with Crippen LogP contribution in [-0.4, -0.2) is 30.8 Å². The van der Waals surface area contributed by atoms with Gasteiger partial charge in [0.15, 0.2) is 12.4 Å². The molecule has 1 amide bonds. The summed E-state index contributed by atoms with van der Waals surface area (Å²) in [6.45, 7) is 0.339. The van der Waals surface area contributed by atoms with Crippen LogP contribution in [0.15, 0.2) is 60.7 Å². The summed E-state index contributed by atoms with van der Waals surface area (Å²) in [6, 6.07) is 17.8. The summed E-state index contributed by atoms with van der Waals surface area (Å²) in [6.07, 6.45) is 2.53. The number of ketones is 1. The third-order valence-corrected chi connectivity index (χ3v) is 3.84. The van der Waals surface area contributed by atoms with E-state index >= 15 is 0 Å². The van der Waals surface area contributed by atoms with Crippen LogP contribution in [0.2, 0.25) is 0 Å². The number of carbonyl (C=O) groups is 3. The molecule has 0 atom stereocenters. The molecule has 5 nitrogen and oxygen atoms in total. The van der Waals surface area contributed by atoms with Gasteiger partial charge < -0.3 is 10.1 Å². The lowest BCUT2D eigenvalue weighted by Crippen LogP contribution is -2.24. The second-order valence-electron chi connectivity index (χ2n) is 5.88. The van der Waals surface area contributed by atoms with E-state index in [9.17, 15) is 14.4 Å². The number of hydrogen-bond donors (Lipinski definition) is 1. The van der Waals surface area contributed by atoms with Crippen molar-refractivity contribution < 1.29 is 19.1 Å². The molecule has 2 aromatic carbocycles. The van der Waals surface area contributed by atoms with Crippen LogP contribution in [0.5, 0.6) is 0 Å². The number of nitrogens with one attached hydrogen (secondary N) is 1. The van der Waals surface area contributed by atoms with Crippen molar-refractivity contribution in [2.24, 2.45) is 0 Å². The van der Waals surface area contributed by atoms with Crippen LogP contribution in [0.25, 0.3) is 0 Å². The quantitative estimate of drug-likeness (QED) is 0.404. The number of ether oxygens (including phenoxy) is 1. The third kappa shape index (κ3) is 6.89. The predicted octanol–water partition coefficient (Wildman–Crippen LogP) is 3.40. The fourth-order valence-corrected chi connectivity index (χ4v) is 2.39. The molecule has 0 spiro atoms. The first-order valence-electron chi connectivity index (χ1n) is 8.74. The maximum atomic E-state index is 11.8. The van der Waals surface area contributed by atoms with Gasteiger partial charge in [0.05, 0.1) is 0 Å². The summed E-state index contributed by atoms with van der Waals surface area (Å²) in [5, 5.41) is 2.85. The van der Waals surface area contributed by atoms with Crippen molar-refractivity contribution in [2.45, 2.75) is 25.7 Å². The van der Waals surface area contributed by atoms with E-state index < -0.39 is 0 Å². The van der Waals surface area contributed by atoms with Gasteiger partial charge in [-0.2, -0.15) is 0 Å². The van der Waals surface area contributed by atoms with Crippen molar-refractivity contribution in [2.75, 3.05) is 13.2 Å². The molecule has 1 N–H and O–H groups in total. The van der Waals surface area contributed by atoms with Crippen molar-refractivity contribution in [1.82, 2.24) is 5.32 Å². The average Bonchev–Trinajstić information content (AvgIpc) is 2.69. The van der Waals surface area contributed by atoms with E-state index in [2.05, 4.69) is 5.32 Å². The van der Waals surface area contributed by atoms with E-state index in [0.29, 0.717) is 24.1 Å². The minimum Gasteiger partial charge on any atom is -0.457 e. The highest BCUT2D eigenvalue weighted by molar-refractivity contribution is 5.97. The predicted molar refractivity (Wildman–Crippen MR) is 99.0 cm³/mol. The van der Waals surface area contributed by atoms with Gasteiger partial charge in [-0.1, -0.05) is 55.0 Å². The molecule has 0 fully saturated rings. The normalized spacial score (nSPS) is 10.2. The van der Waals surface area contributed by atoms with Gasteiger partial charge in [0.25, 0.3) is 5.91 Å². The van der Waals surface area contributed by atoms with Crippen LogP contribution in [0, 0.1) is 0 Å². The Kier molecular flexibility index (Phi) is 8.06. The molecule has 136 valence electrons. The largest absolute Gasteiger partial charge is 0.457 e. The van der Waals surface area contributed by atoms with Gasteiger partial charge in [-0.3, -0.25) is 14.4 Å². The van der Waals surface area contributed by atoms with Crippen LogP contribution in [0.1, 0.15) is 46.4 Å². The standard InChI is InChI=1S/C21H23NO4/c23-19(17-10-4-1-5-11-17)16-26-20(24)14-8-3-9-15-22-21(25)18-12-6-2-7-13-18/h1-2,4-7,10-13H,3,8-9,14-16H2,(H,22,25). The molecule has 5 heteroatoms. The van der Waals surface area contributed by atoms with Gasteiger partial charge in [-0.15, -0.1) is 0 Å². The number of benzene rings is 2. The Morgan fingerprint density at radius 2 is 1.38 bits per heavy atom. The fraction of sp³-hybridized carbons (Fsp3) is 0.286. The van der Waals surface area contributed by atoms with Gasteiger partial charge in [0.2, 0.25) is 0 Å². The summed E-state index contributed by atoms with van der Waals surface area (Å²) >= 11 is 0. The number of hydrogen-bond acceptors (Lipinski definition) is 4. The Hall–Kier alpha value is -2.95. The van der Waals surface area contributed by atoms with Crippen molar-refractivity contribution >= 4 is 17.7 Å². The van der Waals surface area contributed by atoms with Crippen LogP contribution in [-0.2, 0) is 9.53 Å². The van der Waals surface area contributed by atoms with Gasteiger partial charge in [0, 0.05) is 24.1 Å².